The number of benzene rings is 2. The molecule has 1 amide bonds. The molecule has 2 aromatic carbocycles. The lowest BCUT2D eigenvalue weighted by Crippen LogP contribution is -2.45. The van der Waals surface area contributed by atoms with Crippen molar-refractivity contribution in [1.29, 1.82) is 0 Å². The van der Waals surface area contributed by atoms with E-state index < -0.39 is 10.0 Å². The van der Waals surface area contributed by atoms with Gasteiger partial charge in [-0.3, -0.25) is 4.79 Å². The minimum absolute atomic E-state index is 0.0460. The highest BCUT2D eigenvalue weighted by atomic mass is 32.2. The summed E-state index contributed by atoms with van der Waals surface area (Å²) in [6.07, 6.45) is 1.44. The third-order valence-corrected chi connectivity index (χ3v) is 6.81. The molecule has 2 N–H and O–H groups in total. The summed E-state index contributed by atoms with van der Waals surface area (Å²) in [6, 6.07) is 17.3. The van der Waals surface area contributed by atoms with Crippen LogP contribution in [-0.2, 0) is 10.0 Å². The molecule has 1 saturated heterocycles. The van der Waals surface area contributed by atoms with E-state index in [0.29, 0.717) is 18.7 Å². The van der Waals surface area contributed by atoms with Gasteiger partial charge in [0.25, 0.3) is 5.91 Å². The Morgan fingerprint density at radius 1 is 1.07 bits per heavy atom. The standard InChI is InChI=1S/C22H29N3O3S/c1-3-29(27,28)24-19-13-15-25(16-14-19)21-12-8-7-11-20(21)22(26)23-17(2)18-9-5-4-6-10-18/h4-12,17,19,24H,3,13-16H2,1-2H3,(H,23,26). The molecule has 1 heterocycles. The van der Waals surface area contributed by atoms with Crippen LogP contribution in [0.1, 0.15) is 48.7 Å². The second-order valence-corrected chi connectivity index (χ2v) is 9.45. The highest BCUT2D eigenvalue weighted by molar-refractivity contribution is 7.89. The van der Waals surface area contributed by atoms with E-state index in [1.54, 1.807) is 6.92 Å². The zero-order valence-electron chi connectivity index (χ0n) is 17.0. The fourth-order valence-electron chi connectivity index (χ4n) is 3.62. The highest BCUT2D eigenvalue weighted by Crippen LogP contribution is 2.25. The van der Waals surface area contributed by atoms with Gasteiger partial charge in [-0.2, -0.15) is 0 Å². The fourth-order valence-corrected chi connectivity index (χ4v) is 4.53. The largest absolute Gasteiger partial charge is 0.371 e. The number of hydrogen-bond acceptors (Lipinski definition) is 4. The Kier molecular flexibility index (Phi) is 6.92. The van der Waals surface area contributed by atoms with Crippen LogP contribution in [0, 0.1) is 0 Å². The van der Waals surface area contributed by atoms with Crippen molar-refractivity contribution >= 4 is 21.6 Å². The van der Waals surface area contributed by atoms with E-state index in [4.69, 9.17) is 0 Å². The lowest BCUT2D eigenvalue weighted by atomic mass is 10.0. The van der Waals surface area contributed by atoms with Gasteiger partial charge >= 0.3 is 0 Å². The first-order valence-corrected chi connectivity index (χ1v) is 11.7. The average molecular weight is 416 g/mol. The highest BCUT2D eigenvalue weighted by Gasteiger charge is 2.25. The third-order valence-electron chi connectivity index (χ3n) is 5.36. The van der Waals surface area contributed by atoms with Crippen molar-refractivity contribution in [2.45, 2.75) is 38.8 Å². The van der Waals surface area contributed by atoms with Gasteiger partial charge in [-0.05, 0) is 44.4 Å². The third kappa shape index (κ3) is 5.58. The zero-order chi connectivity index (χ0) is 20.9. The van der Waals surface area contributed by atoms with Gasteiger partial charge in [-0.1, -0.05) is 42.5 Å². The summed E-state index contributed by atoms with van der Waals surface area (Å²) in [5, 5.41) is 3.08. The lowest BCUT2D eigenvalue weighted by molar-refractivity contribution is 0.0940. The maximum absolute atomic E-state index is 13.0. The van der Waals surface area contributed by atoms with Gasteiger partial charge in [0, 0.05) is 24.8 Å². The molecule has 1 fully saturated rings. The van der Waals surface area contributed by atoms with Gasteiger partial charge < -0.3 is 10.2 Å². The predicted molar refractivity (Wildman–Crippen MR) is 117 cm³/mol. The van der Waals surface area contributed by atoms with Crippen molar-refractivity contribution < 1.29 is 13.2 Å². The predicted octanol–water partition coefficient (Wildman–Crippen LogP) is 3.09. The van der Waals surface area contributed by atoms with Crippen LogP contribution in [-0.4, -0.2) is 39.2 Å². The van der Waals surface area contributed by atoms with Crippen LogP contribution in [0.15, 0.2) is 54.6 Å². The molecule has 156 valence electrons. The number of carbonyl (C=O) groups excluding carboxylic acids is 1. The van der Waals surface area contributed by atoms with E-state index in [1.807, 2.05) is 61.5 Å². The van der Waals surface area contributed by atoms with Crippen molar-refractivity contribution in [3.05, 3.63) is 65.7 Å². The SMILES string of the molecule is CCS(=O)(=O)NC1CCN(c2ccccc2C(=O)NC(C)c2ccccc2)CC1. The zero-order valence-corrected chi connectivity index (χ0v) is 17.8. The van der Waals surface area contributed by atoms with Gasteiger partial charge in [-0.15, -0.1) is 0 Å². The Labute approximate surface area is 173 Å². The van der Waals surface area contributed by atoms with Gasteiger partial charge in [0.1, 0.15) is 0 Å². The Balaban J connectivity index is 1.67. The van der Waals surface area contributed by atoms with Crippen LogP contribution >= 0.6 is 0 Å². The van der Waals surface area contributed by atoms with Gasteiger partial charge in [0.05, 0.1) is 17.4 Å². The molecule has 2 aromatic rings. The Morgan fingerprint density at radius 2 is 1.69 bits per heavy atom. The summed E-state index contributed by atoms with van der Waals surface area (Å²) in [5.74, 6) is -0.0127. The molecule has 1 unspecified atom stereocenters. The quantitative estimate of drug-likeness (QED) is 0.728. The van der Waals surface area contributed by atoms with E-state index in [0.717, 1.165) is 24.1 Å². The first kappa shape index (κ1) is 21.3. The number of piperidine rings is 1. The molecule has 0 saturated carbocycles. The van der Waals surface area contributed by atoms with Crippen LogP contribution < -0.4 is 14.9 Å². The van der Waals surface area contributed by atoms with E-state index in [-0.39, 0.29) is 23.7 Å². The monoisotopic (exact) mass is 415 g/mol. The van der Waals surface area contributed by atoms with E-state index >= 15 is 0 Å². The van der Waals surface area contributed by atoms with Crippen LogP contribution in [0.4, 0.5) is 5.69 Å². The minimum atomic E-state index is -3.20. The minimum Gasteiger partial charge on any atom is -0.371 e. The van der Waals surface area contributed by atoms with Crippen molar-refractivity contribution in [3.8, 4) is 0 Å². The molecule has 6 nitrogen and oxygen atoms in total. The maximum atomic E-state index is 13.0. The number of para-hydroxylation sites is 1. The molecule has 0 spiro atoms. The van der Waals surface area contributed by atoms with E-state index in [2.05, 4.69) is 14.9 Å². The van der Waals surface area contributed by atoms with E-state index in [9.17, 15) is 13.2 Å². The Bertz CT molecular complexity index is 923. The second-order valence-electron chi connectivity index (χ2n) is 7.41. The molecule has 1 aliphatic heterocycles. The number of sulfonamides is 1. The summed E-state index contributed by atoms with van der Waals surface area (Å²) >= 11 is 0. The molecular formula is C22H29N3O3S. The van der Waals surface area contributed by atoms with Crippen LogP contribution in [0.3, 0.4) is 0 Å². The van der Waals surface area contributed by atoms with Gasteiger partial charge in [-0.25, -0.2) is 13.1 Å². The second kappa shape index (κ2) is 9.41. The van der Waals surface area contributed by atoms with Crippen molar-refractivity contribution in [2.24, 2.45) is 0 Å². The summed E-state index contributed by atoms with van der Waals surface area (Å²) < 4.78 is 26.4. The summed E-state index contributed by atoms with van der Waals surface area (Å²) in [7, 11) is -3.20. The Morgan fingerprint density at radius 3 is 2.34 bits per heavy atom. The van der Waals surface area contributed by atoms with Crippen LogP contribution in [0.5, 0.6) is 0 Å². The molecule has 1 aliphatic rings. The van der Waals surface area contributed by atoms with Crippen LogP contribution in [0.2, 0.25) is 0 Å². The molecule has 3 rings (SSSR count). The Hall–Kier alpha value is -2.38. The number of nitrogens with one attached hydrogen (secondary N) is 2. The van der Waals surface area contributed by atoms with Crippen molar-refractivity contribution in [2.75, 3.05) is 23.7 Å². The smallest absolute Gasteiger partial charge is 0.253 e. The molecule has 0 aliphatic carbocycles. The normalized spacial score (nSPS) is 16.4. The van der Waals surface area contributed by atoms with Crippen LogP contribution in [0.25, 0.3) is 0 Å². The first-order chi connectivity index (χ1) is 13.9. The number of amides is 1. The lowest BCUT2D eigenvalue weighted by Gasteiger charge is -2.34. The van der Waals surface area contributed by atoms with Crippen molar-refractivity contribution in [1.82, 2.24) is 10.0 Å². The molecule has 0 bridgehead atoms. The molecule has 0 radical (unpaired) electrons. The molecule has 29 heavy (non-hydrogen) atoms. The summed E-state index contributed by atoms with van der Waals surface area (Å²) in [5.41, 5.74) is 2.59. The molecule has 1 atom stereocenters. The topological polar surface area (TPSA) is 78.5 Å². The fraction of sp³-hybridized carbons (Fsp3) is 0.409. The van der Waals surface area contributed by atoms with Gasteiger partial charge in [0.15, 0.2) is 0 Å². The molecular weight excluding hydrogens is 386 g/mol. The summed E-state index contributed by atoms with van der Waals surface area (Å²) in [6.45, 7) is 5.02. The number of nitrogens with zero attached hydrogens (tertiary/aromatic N) is 1. The average Bonchev–Trinajstić information content (AvgIpc) is 2.74. The van der Waals surface area contributed by atoms with Crippen molar-refractivity contribution in [3.63, 3.8) is 0 Å². The molecule has 7 heteroatoms. The molecule has 0 aromatic heterocycles. The van der Waals surface area contributed by atoms with E-state index in [1.165, 1.54) is 0 Å². The maximum Gasteiger partial charge on any atom is 0.253 e. The number of rotatable bonds is 7. The number of anilines is 1. The number of hydrogen-bond donors (Lipinski definition) is 2. The number of carbonyl (C=O) groups is 1. The summed E-state index contributed by atoms with van der Waals surface area (Å²) in [4.78, 5) is 15.1. The first-order valence-electron chi connectivity index (χ1n) is 10.1. The van der Waals surface area contributed by atoms with Gasteiger partial charge in [0.2, 0.25) is 10.0 Å².